The smallest absolute Gasteiger partial charge is 0.257 e. The number of fused-ring (bicyclic) bond motifs is 2. The monoisotopic (exact) mass is 406 g/mol. The minimum atomic E-state index is -0.629. The molecule has 1 amide bonds. The Bertz CT molecular complexity index is 979. The molecule has 0 spiro atoms. The lowest BCUT2D eigenvalue weighted by atomic mass is 10.00. The van der Waals surface area contributed by atoms with Crippen LogP contribution in [0.25, 0.3) is 0 Å². The molecule has 2 heterocycles. The molecule has 0 fully saturated rings. The third-order valence-electron chi connectivity index (χ3n) is 5.54. The molecule has 1 atom stereocenters. The summed E-state index contributed by atoms with van der Waals surface area (Å²) in [5.74, 6) is 5.77. The topological polar surface area (TPSA) is 73.2 Å². The average molecular weight is 406 g/mol. The highest BCUT2D eigenvalue weighted by molar-refractivity contribution is 5.97. The summed E-state index contributed by atoms with van der Waals surface area (Å²) in [6, 6.07) is 13.6. The van der Waals surface area contributed by atoms with Gasteiger partial charge in [-0.1, -0.05) is 36.1 Å². The molecule has 0 bridgehead atoms. The summed E-state index contributed by atoms with van der Waals surface area (Å²) in [5.41, 5.74) is 3.85. The number of rotatable bonds is 4. The van der Waals surface area contributed by atoms with Gasteiger partial charge in [0, 0.05) is 31.7 Å². The van der Waals surface area contributed by atoms with Gasteiger partial charge >= 0.3 is 0 Å². The van der Waals surface area contributed by atoms with Crippen LogP contribution >= 0.6 is 0 Å². The summed E-state index contributed by atoms with van der Waals surface area (Å²) >= 11 is 0. The van der Waals surface area contributed by atoms with E-state index in [1.807, 2.05) is 6.07 Å². The number of ether oxygens (including phenoxy) is 1. The molecular formula is C24H26N2O4. The maximum atomic E-state index is 13.0. The maximum absolute atomic E-state index is 13.0. The third kappa shape index (κ3) is 4.65. The first-order valence-electron chi connectivity index (χ1n) is 10.3. The lowest BCUT2D eigenvalue weighted by Crippen LogP contribution is -2.44. The molecule has 2 aliphatic heterocycles. The zero-order valence-corrected chi connectivity index (χ0v) is 16.9. The predicted molar refractivity (Wildman–Crippen MR) is 113 cm³/mol. The van der Waals surface area contributed by atoms with E-state index in [2.05, 4.69) is 34.9 Å². The normalized spacial score (nSPS) is 17.1. The van der Waals surface area contributed by atoms with Crippen molar-refractivity contribution in [1.29, 1.82) is 0 Å². The number of carbonyl (C=O) groups excluding carboxylic acids is 1. The number of benzene rings is 2. The van der Waals surface area contributed by atoms with Crippen LogP contribution in [-0.2, 0) is 13.0 Å². The van der Waals surface area contributed by atoms with Crippen molar-refractivity contribution in [2.45, 2.75) is 19.1 Å². The van der Waals surface area contributed by atoms with Gasteiger partial charge in [-0.15, -0.1) is 0 Å². The Morgan fingerprint density at radius 3 is 2.77 bits per heavy atom. The van der Waals surface area contributed by atoms with Crippen molar-refractivity contribution in [3.63, 3.8) is 0 Å². The van der Waals surface area contributed by atoms with Gasteiger partial charge in [0.05, 0.1) is 18.2 Å². The minimum absolute atomic E-state index is 0.146. The Labute approximate surface area is 176 Å². The maximum Gasteiger partial charge on any atom is 0.257 e. The van der Waals surface area contributed by atoms with Crippen LogP contribution in [0.4, 0.5) is 0 Å². The van der Waals surface area contributed by atoms with Crippen molar-refractivity contribution in [1.82, 2.24) is 9.80 Å². The molecule has 2 aliphatic rings. The van der Waals surface area contributed by atoms with Gasteiger partial charge in [-0.2, -0.15) is 0 Å². The lowest BCUT2D eigenvalue weighted by molar-refractivity contribution is 0.0501. The van der Waals surface area contributed by atoms with E-state index in [1.165, 1.54) is 11.1 Å². The summed E-state index contributed by atoms with van der Waals surface area (Å²) in [6.45, 7) is 3.10. The van der Waals surface area contributed by atoms with Crippen molar-refractivity contribution < 1.29 is 19.7 Å². The first-order valence-corrected chi connectivity index (χ1v) is 10.3. The third-order valence-corrected chi connectivity index (χ3v) is 5.54. The fourth-order valence-corrected chi connectivity index (χ4v) is 4.07. The number of aliphatic hydroxyl groups excluding tert-OH is 2. The Morgan fingerprint density at radius 1 is 1.10 bits per heavy atom. The summed E-state index contributed by atoms with van der Waals surface area (Å²) < 4.78 is 5.76. The van der Waals surface area contributed by atoms with Crippen molar-refractivity contribution in [2.24, 2.45) is 0 Å². The Morgan fingerprint density at radius 2 is 1.93 bits per heavy atom. The molecule has 0 aromatic heterocycles. The van der Waals surface area contributed by atoms with E-state index >= 15 is 0 Å². The van der Waals surface area contributed by atoms with Crippen LogP contribution in [0.3, 0.4) is 0 Å². The molecule has 6 nitrogen and oxygen atoms in total. The highest BCUT2D eigenvalue weighted by Crippen LogP contribution is 2.25. The SMILES string of the molecule is O=C1c2ccc(C#CCO)cc2OCCN1CC(O)CN1CCc2ccccc2C1. The summed E-state index contributed by atoms with van der Waals surface area (Å²) in [7, 11) is 0. The Balaban J connectivity index is 1.39. The van der Waals surface area contributed by atoms with Crippen LogP contribution < -0.4 is 4.74 Å². The Hall–Kier alpha value is -2.85. The number of β-amino-alcohol motifs (C(OH)–C–C–N with tert-alkyl or cyclic N) is 1. The van der Waals surface area contributed by atoms with Gasteiger partial charge in [-0.25, -0.2) is 0 Å². The van der Waals surface area contributed by atoms with Gasteiger partial charge in [-0.3, -0.25) is 9.69 Å². The van der Waals surface area contributed by atoms with E-state index < -0.39 is 6.10 Å². The largest absolute Gasteiger partial charge is 0.491 e. The highest BCUT2D eigenvalue weighted by Gasteiger charge is 2.26. The van der Waals surface area contributed by atoms with Crippen LogP contribution in [0.2, 0.25) is 0 Å². The number of nitrogens with zero attached hydrogens (tertiary/aromatic N) is 2. The molecular weight excluding hydrogens is 380 g/mol. The number of hydrogen-bond acceptors (Lipinski definition) is 5. The van der Waals surface area contributed by atoms with E-state index in [4.69, 9.17) is 9.84 Å². The van der Waals surface area contributed by atoms with Crippen molar-refractivity contribution in [3.8, 4) is 17.6 Å². The van der Waals surface area contributed by atoms with Gasteiger partial charge in [0.15, 0.2) is 0 Å². The van der Waals surface area contributed by atoms with E-state index in [-0.39, 0.29) is 19.1 Å². The second kappa shape index (κ2) is 9.31. The summed E-state index contributed by atoms with van der Waals surface area (Å²) in [6.07, 6.45) is 0.351. The van der Waals surface area contributed by atoms with Gasteiger partial charge < -0.3 is 19.8 Å². The molecule has 2 N–H and O–H groups in total. The van der Waals surface area contributed by atoms with Crippen molar-refractivity contribution >= 4 is 5.91 Å². The first kappa shape index (κ1) is 20.4. The average Bonchev–Trinajstić information content (AvgIpc) is 2.90. The fourth-order valence-electron chi connectivity index (χ4n) is 4.07. The molecule has 1 unspecified atom stereocenters. The van der Waals surface area contributed by atoms with E-state index in [9.17, 15) is 9.90 Å². The van der Waals surface area contributed by atoms with Gasteiger partial charge in [0.1, 0.15) is 19.0 Å². The van der Waals surface area contributed by atoms with E-state index in [1.54, 1.807) is 23.1 Å². The molecule has 4 rings (SSSR count). The fraction of sp³-hybridized carbons (Fsp3) is 0.375. The zero-order chi connectivity index (χ0) is 20.9. The van der Waals surface area contributed by atoms with Crippen LogP contribution in [0.1, 0.15) is 27.0 Å². The molecule has 6 heteroatoms. The number of hydrogen-bond donors (Lipinski definition) is 2. The van der Waals surface area contributed by atoms with Crippen LogP contribution in [0.5, 0.6) is 5.75 Å². The molecule has 2 aromatic carbocycles. The number of carbonyl (C=O) groups is 1. The molecule has 0 saturated carbocycles. The van der Waals surface area contributed by atoms with Gasteiger partial charge in [-0.05, 0) is 35.7 Å². The molecule has 30 heavy (non-hydrogen) atoms. The minimum Gasteiger partial charge on any atom is -0.491 e. The summed E-state index contributed by atoms with van der Waals surface area (Å²) in [5, 5.41) is 19.5. The second-order valence-electron chi connectivity index (χ2n) is 7.68. The van der Waals surface area contributed by atoms with Crippen LogP contribution in [0.15, 0.2) is 42.5 Å². The predicted octanol–water partition coefficient (Wildman–Crippen LogP) is 1.28. The van der Waals surface area contributed by atoms with Gasteiger partial charge in [0.2, 0.25) is 0 Å². The lowest BCUT2D eigenvalue weighted by Gasteiger charge is -2.32. The van der Waals surface area contributed by atoms with E-state index in [0.717, 1.165) is 19.5 Å². The quantitative estimate of drug-likeness (QED) is 0.749. The molecule has 0 saturated heterocycles. The highest BCUT2D eigenvalue weighted by atomic mass is 16.5. The number of aliphatic hydroxyl groups is 2. The van der Waals surface area contributed by atoms with Crippen molar-refractivity contribution in [2.75, 3.05) is 39.4 Å². The number of amides is 1. The van der Waals surface area contributed by atoms with Crippen LogP contribution in [0, 0.1) is 11.8 Å². The van der Waals surface area contributed by atoms with Crippen molar-refractivity contribution in [3.05, 3.63) is 64.7 Å². The second-order valence-corrected chi connectivity index (χ2v) is 7.68. The summed E-state index contributed by atoms with van der Waals surface area (Å²) in [4.78, 5) is 16.9. The van der Waals surface area contributed by atoms with E-state index in [0.29, 0.717) is 36.6 Å². The molecule has 156 valence electrons. The van der Waals surface area contributed by atoms with Gasteiger partial charge in [0.25, 0.3) is 5.91 Å². The van der Waals surface area contributed by atoms with Crippen LogP contribution in [-0.4, -0.2) is 71.4 Å². The zero-order valence-electron chi connectivity index (χ0n) is 16.9. The standard InChI is InChI=1S/C24H26N2O4/c27-12-3-4-18-7-8-22-23(14-18)30-13-11-26(24(22)29)17-21(28)16-25-10-9-19-5-1-2-6-20(19)15-25/h1-2,5-8,14,21,27-28H,9-13,15-17H2. The first-order chi connectivity index (χ1) is 14.6. The molecule has 0 radical (unpaired) electrons. The molecule has 2 aromatic rings. The molecule has 0 aliphatic carbocycles. The Kier molecular flexibility index (Phi) is 6.34.